The summed E-state index contributed by atoms with van der Waals surface area (Å²) in [7, 11) is 1.53. The second kappa shape index (κ2) is 10.9. The van der Waals surface area contributed by atoms with E-state index in [1.807, 2.05) is 55.5 Å². The van der Waals surface area contributed by atoms with Gasteiger partial charge >= 0.3 is 5.97 Å². The number of nitrogens with zero attached hydrogens (tertiary/aromatic N) is 2. The van der Waals surface area contributed by atoms with E-state index >= 15 is 0 Å². The van der Waals surface area contributed by atoms with Gasteiger partial charge in [0.2, 0.25) is 6.10 Å². The Labute approximate surface area is 220 Å². The Morgan fingerprint density at radius 1 is 0.842 bits per heavy atom. The summed E-state index contributed by atoms with van der Waals surface area (Å²) in [6.45, 7) is 1.91. The predicted molar refractivity (Wildman–Crippen MR) is 146 cm³/mol. The predicted octanol–water partition coefficient (Wildman–Crippen LogP) is 6.15. The number of esters is 1. The molecular weight excluding hydrogens is 478 g/mol. The molecule has 1 atom stereocenters. The first-order valence-corrected chi connectivity index (χ1v) is 12.1. The second-order valence-electron chi connectivity index (χ2n) is 8.68. The van der Waals surface area contributed by atoms with Gasteiger partial charge in [0.25, 0.3) is 5.91 Å². The first-order valence-electron chi connectivity index (χ1n) is 12.1. The number of hydrogen-bond acceptors (Lipinski definition) is 6. The number of nitrogens with one attached hydrogen (secondary N) is 1. The molecule has 2 heterocycles. The Morgan fingerprint density at radius 3 is 2.37 bits per heavy atom. The number of ether oxygens (including phenoxy) is 2. The van der Waals surface area contributed by atoms with Gasteiger partial charge in [0.15, 0.2) is 0 Å². The SMILES string of the molecule is COc1ccc(C)cc1NC(=O)C(OC(=O)c1cc(-c2ccccn2)nc2ccccc12)c1ccccc1. The normalized spacial score (nSPS) is 11.5. The van der Waals surface area contributed by atoms with Crippen LogP contribution in [-0.2, 0) is 9.53 Å². The van der Waals surface area contributed by atoms with E-state index in [2.05, 4.69) is 15.3 Å². The molecule has 0 fully saturated rings. The van der Waals surface area contributed by atoms with Crippen LogP contribution >= 0.6 is 0 Å². The molecule has 0 bridgehead atoms. The molecule has 0 saturated heterocycles. The number of carbonyl (C=O) groups is 2. The van der Waals surface area contributed by atoms with Crippen LogP contribution in [0.2, 0.25) is 0 Å². The van der Waals surface area contributed by atoms with Crippen molar-refractivity contribution in [3.8, 4) is 17.1 Å². The van der Waals surface area contributed by atoms with Gasteiger partial charge in [-0.2, -0.15) is 0 Å². The molecule has 7 heteroatoms. The minimum atomic E-state index is -1.21. The van der Waals surface area contributed by atoms with E-state index in [0.717, 1.165) is 5.56 Å². The van der Waals surface area contributed by atoms with Gasteiger partial charge in [-0.25, -0.2) is 9.78 Å². The van der Waals surface area contributed by atoms with E-state index in [1.54, 1.807) is 54.7 Å². The van der Waals surface area contributed by atoms with Gasteiger partial charge in [-0.3, -0.25) is 9.78 Å². The fourth-order valence-corrected chi connectivity index (χ4v) is 4.18. The van der Waals surface area contributed by atoms with Gasteiger partial charge in [0.1, 0.15) is 5.75 Å². The van der Waals surface area contributed by atoms with Crippen LogP contribution in [0.25, 0.3) is 22.3 Å². The Bertz CT molecular complexity index is 1600. The monoisotopic (exact) mass is 503 g/mol. The molecule has 0 aliphatic heterocycles. The lowest BCUT2D eigenvalue weighted by atomic mass is 10.1. The molecule has 0 saturated carbocycles. The molecule has 5 aromatic rings. The molecular formula is C31H25N3O4. The van der Waals surface area contributed by atoms with E-state index in [0.29, 0.717) is 39.3 Å². The van der Waals surface area contributed by atoms with Crippen LogP contribution in [0.15, 0.2) is 103 Å². The van der Waals surface area contributed by atoms with Crippen molar-refractivity contribution in [2.45, 2.75) is 13.0 Å². The maximum atomic E-state index is 13.7. The fraction of sp³-hybridized carbons (Fsp3) is 0.0968. The average molecular weight is 504 g/mol. The maximum Gasteiger partial charge on any atom is 0.340 e. The highest BCUT2D eigenvalue weighted by molar-refractivity contribution is 6.06. The van der Waals surface area contributed by atoms with Crippen LogP contribution < -0.4 is 10.1 Å². The molecule has 3 aromatic carbocycles. The van der Waals surface area contributed by atoms with Crippen LogP contribution in [0.5, 0.6) is 5.75 Å². The van der Waals surface area contributed by atoms with E-state index in [1.165, 1.54) is 7.11 Å². The zero-order valence-corrected chi connectivity index (χ0v) is 20.9. The molecule has 1 unspecified atom stereocenters. The molecule has 0 radical (unpaired) electrons. The lowest BCUT2D eigenvalue weighted by Crippen LogP contribution is -2.26. The molecule has 1 amide bonds. The van der Waals surface area contributed by atoms with Crippen molar-refractivity contribution < 1.29 is 19.1 Å². The van der Waals surface area contributed by atoms with Gasteiger partial charge < -0.3 is 14.8 Å². The molecule has 2 aromatic heterocycles. The summed E-state index contributed by atoms with van der Waals surface area (Å²) in [6.07, 6.45) is 0.457. The van der Waals surface area contributed by atoms with Crippen LogP contribution in [0, 0.1) is 6.92 Å². The van der Waals surface area contributed by atoms with Crippen molar-refractivity contribution >= 4 is 28.5 Å². The van der Waals surface area contributed by atoms with E-state index < -0.39 is 18.0 Å². The summed E-state index contributed by atoms with van der Waals surface area (Å²) < 4.78 is 11.3. The number of aryl methyl sites for hydroxylation is 1. The van der Waals surface area contributed by atoms with Crippen LogP contribution in [0.1, 0.15) is 27.6 Å². The number of rotatable bonds is 7. The van der Waals surface area contributed by atoms with Gasteiger partial charge in [-0.1, -0.05) is 60.7 Å². The average Bonchev–Trinajstić information content (AvgIpc) is 2.96. The number of carbonyl (C=O) groups excluding carboxylic acids is 2. The Balaban J connectivity index is 1.53. The largest absolute Gasteiger partial charge is 0.495 e. The molecule has 7 nitrogen and oxygen atoms in total. The van der Waals surface area contributed by atoms with Crippen molar-refractivity contribution in [2.75, 3.05) is 12.4 Å². The number of pyridine rings is 2. The Kier molecular flexibility index (Phi) is 7.08. The van der Waals surface area contributed by atoms with Crippen molar-refractivity contribution in [1.29, 1.82) is 0 Å². The molecule has 0 aliphatic carbocycles. The van der Waals surface area contributed by atoms with Gasteiger partial charge in [0.05, 0.1) is 35.3 Å². The highest BCUT2D eigenvalue weighted by Gasteiger charge is 2.28. The van der Waals surface area contributed by atoms with Gasteiger partial charge in [-0.15, -0.1) is 0 Å². The smallest absolute Gasteiger partial charge is 0.340 e. The summed E-state index contributed by atoms with van der Waals surface area (Å²) in [6, 6.07) is 28.8. The zero-order valence-electron chi connectivity index (χ0n) is 20.9. The van der Waals surface area contributed by atoms with Crippen LogP contribution in [0.4, 0.5) is 5.69 Å². The van der Waals surface area contributed by atoms with Crippen molar-refractivity contribution in [2.24, 2.45) is 0 Å². The van der Waals surface area contributed by atoms with E-state index in [-0.39, 0.29) is 5.56 Å². The zero-order chi connectivity index (χ0) is 26.5. The first-order chi connectivity index (χ1) is 18.5. The molecule has 5 rings (SSSR count). The molecule has 1 N–H and O–H groups in total. The van der Waals surface area contributed by atoms with Crippen molar-refractivity contribution in [3.05, 3.63) is 120 Å². The van der Waals surface area contributed by atoms with E-state index in [4.69, 9.17) is 9.47 Å². The highest BCUT2D eigenvalue weighted by Crippen LogP contribution is 2.30. The molecule has 0 aliphatic rings. The number of amides is 1. The Hall–Kier alpha value is -5.04. The summed E-state index contributed by atoms with van der Waals surface area (Å²) >= 11 is 0. The third kappa shape index (κ3) is 5.22. The maximum absolute atomic E-state index is 13.7. The lowest BCUT2D eigenvalue weighted by Gasteiger charge is -2.20. The number of hydrogen-bond donors (Lipinski definition) is 1. The minimum Gasteiger partial charge on any atom is -0.495 e. The third-order valence-corrected chi connectivity index (χ3v) is 6.04. The number of anilines is 1. The summed E-state index contributed by atoms with van der Waals surface area (Å²) in [4.78, 5) is 36.3. The molecule has 0 spiro atoms. The number of methoxy groups -OCH3 is 1. The third-order valence-electron chi connectivity index (χ3n) is 6.04. The fourth-order valence-electron chi connectivity index (χ4n) is 4.18. The van der Waals surface area contributed by atoms with Crippen molar-refractivity contribution in [1.82, 2.24) is 9.97 Å². The van der Waals surface area contributed by atoms with Gasteiger partial charge in [-0.05, 0) is 48.9 Å². The number of fused-ring (bicyclic) bond motifs is 1. The quantitative estimate of drug-likeness (QED) is 0.268. The van der Waals surface area contributed by atoms with E-state index in [9.17, 15) is 9.59 Å². The lowest BCUT2D eigenvalue weighted by molar-refractivity contribution is -0.125. The topological polar surface area (TPSA) is 90.4 Å². The first kappa shape index (κ1) is 24.6. The van der Waals surface area contributed by atoms with Gasteiger partial charge in [0, 0.05) is 17.1 Å². The standard InChI is InChI=1S/C31H25N3O4/c1-20-15-16-28(37-2)27(18-20)34-30(35)29(21-10-4-3-5-11-21)38-31(36)23-19-26(25-14-8-9-17-32-25)33-24-13-7-6-12-22(23)24/h3-19,29H,1-2H3,(H,34,35). The van der Waals surface area contributed by atoms with Crippen LogP contribution in [-0.4, -0.2) is 29.0 Å². The Morgan fingerprint density at radius 2 is 1.61 bits per heavy atom. The summed E-state index contributed by atoms with van der Waals surface area (Å²) in [5, 5.41) is 3.48. The summed E-state index contributed by atoms with van der Waals surface area (Å²) in [5.74, 6) is -0.653. The molecule has 38 heavy (non-hydrogen) atoms. The second-order valence-corrected chi connectivity index (χ2v) is 8.68. The number of para-hydroxylation sites is 1. The van der Waals surface area contributed by atoms with Crippen molar-refractivity contribution in [3.63, 3.8) is 0 Å². The molecule has 188 valence electrons. The van der Waals surface area contributed by atoms with Crippen LogP contribution in [0.3, 0.4) is 0 Å². The number of aromatic nitrogens is 2. The minimum absolute atomic E-state index is 0.290. The summed E-state index contributed by atoms with van der Waals surface area (Å²) in [5.41, 5.74) is 4.03. The number of benzene rings is 3. The highest BCUT2D eigenvalue weighted by atomic mass is 16.5.